The molecule has 0 saturated heterocycles. The summed E-state index contributed by atoms with van der Waals surface area (Å²) in [7, 11) is -3.96. The number of nitrogens with zero attached hydrogens (tertiary/aromatic N) is 2. The van der Waals surface area contributed by atoms with E-state index in [4.69, 9.17) is 28.2 Å². The number of aromatic nitrogens is 2. The molecule has 1 heterocycles. The number of fused-ring (bicyclic) bond motifs is 1. The van der Waals surface area contributed by atoms with E-state index in [1.54, 1.807) is 18.2 Å². The summed E-state index contributed by atoms with van der Waals surface area (Å²) >= 11 is 12.5. The van der Waals surface area contributed by atoms with Crippen LogP contribution in [0.25, 0.3) is 16.7 Å². The minimum Gasteiger partial charge on any atom is -0.336 e. The van der Waals surface area contributed by atoms with E-state index in [1.165, 1.54) is 12.1 Å². The van der Waals surface area contributed by atoms with Gasteiger partial charge in [0.2, 0.25) is 0 Å². The van der Waals surface area contributed by atoms with Gasteiger partial charge in [-0.05, 0) is 48.9 Å². The first-order valence-corrected chi connectivity index (χ1v) is 14.0. The smallest absolute Gasteiger partial charge is 0.328 e. The molecule has 0 fully saturated rings. The van der Waals surface area contributed by atoms with Gasteiger partial charge in [-0.1, -0.05) is 73.8 Å². The van der Waals surface area contributed by atoms with Gasteiger partial charge in [-0.15, -0.1) is 0 Å². The van der Waals surface area contributed by atoms with Crippen molar-refractivity contribution >= 4 is 50.3 Å². The number of hydrogen-bond acceptors (Lipinski definition) is 4. The second-order valence-electron chi connectivity index (χ2n) is 9.50. The normalized spacial score (nSPS) is 12.1. The molecule has 10 heteroatoms. The number of urea groups is 1. The van der Waals surface area contributed by atoms with E-state index in [0.717, 1.165) is 40.1 Å². The van der Waals surface area contributed by atoms with E-state index >= 15 is 0 Å². The zero-order valence-electron chi connectivity index (χ0n) is 21.0. The fourth-order valence-electron chi connectivity index (χ4n) is 4.05. The van der Waals surface area contributed by atoms with Crippen molar-refractivity contribution in [2.45, 2.75) is 44.4 Å². The number of sulfonamides is 1. The van der Waals surface area contributed by atoms with Gasteiger partial charge in [0.15, 0.2) is 0 Å². The molecule has 0 spiro atoms. The Bertz CT molecular complexity index is 1560. The largest absolute Gasteiger partial charge is 0.336 e. The highest BCUT2D eigenvalue weighted by Crippen LogP contribution is 2.31. The van der Waals surface area contributed by atoms with Crippen LogP contribution in [0, 0.1) is 6.92 Å². The molecule has 0 atom stereocenters. The molecule has 2 amide bonds. The van der Waals surface area contributed by atoms with Crippen LogP contribution in [0.3, 0.4) is 0 Å². The lowest BCUT2D eigenvalue weighted by atomic mass is 9.84. The summed E-state index contributed by atoms with van der Waals surface area (Å²) in [5, 5.41) is 3.61. The molecule has 194 valence electrons. The number of halogens is 2. The molecule has 0 saturated carbocycles. The standard InChI is InChI=1S/C27H28Cl2N4O3S/c1-5-25-31-23-14-21(28)22(29)15-24(23)33(25)19-10-8-18(9-11-19)27(3,4)16-30-26(34)32-37(35,36)20-12-6-17(2)7-13-20/h6-15H,5,16H2,1-4H3,(H2,30,32,34). The quantitative estimate of drug-likeness (QED) is 0.283. The van der Waals surface area contributed by atoms with Crippen molar-refractivity contribution in [1.29, 1.82) is 0 Å². The third-order valence-electron chi connectivity index (χ3n) is 6.24. The van der Waals surface area contributed by atoms with E-state index in [0.29, 0.717) is 10.0 Å². The molecule has 0 bridgehead atoms. The van der Waals surface area contributed by atoms with Gasteiger partial charge in [-0.3, -0.25) is 4.57 Å². The van der Waals surface area contributed by atoms with Gasteiger partial charge in [0.1, 0.15) is 5.82 Å². The minimum absolute atomic E-state index is 0.0325. The van der Waals surface area contributed by atoms with Crippen molar-refractivity contribution < 1.29 is 13.2 Å². The maximum absolute atomic E-state index is 12.5. The number of aryl methyl sites for hydroxylation is 2. The van der Waals surface area contributed by atoms with Crippen LogP contribution in [0.2, 0.25) is 10.0 Å². The monoisotopic (exact) mass is 558 g/mol. The fourth-order valence-corrected chi connectivity index (χ4v) is 5.29. The molecule has 3 aromatic carbocycles. The zero-order valence-corrected chi connectivity index (χ0v) is 23.3. The number of hydrogen-bond donors (Lipinski definition) is 2. The minimum atomic E-state index is -3.96. The van der Waals surface area contributed by atoms with Crippen molar-refractivity contribution in [2.75, 3.05) is 6.54 Å². The molecule has 37 heavy (non-hydrogen) atoms. The number of amides is 2. The van der Waals surface area contributed by atoms with E-state index in [-0.39, 0.29) is 11.4 Å². The van der Waals surface area contributed by atoms with Crippen LogP contribution in [0.1, 0.15) is 37.7 Å². The topological polar surface area (TPSA) is 93.1 Å². The number of carbonyl (C=O) groups excluding carboxylic acids is 1. The number of carbonyl (C=O) groups is 1. The zero-order chi connectivity index (χ0) is 27.0. The fraction of sp³-hybridized carbons (Fsp3) is 0.259. The lowest BCUT2D eigenvalue weighted by Crippen LogP contribution is -2.44. The Morgan fingerprint density at radius 1 is 1.00 bits per heavy atom. The first-order valence-electron chi connectivity index (χ1n) is 11.8. The molecular formula is C27H28Cl2N4O3S. The van der Waals surface area contributed by atoms with E-state index in [2.05, 4.69) is 14.6 Å². The van der Waals surface area contributed by atoms with Crippen molar-refractivity contribution in [3.8, 4) is 5.69 Å². The van der Waals surface area contributed by atoms with Crippen LogP contribution in [0.15, 0.2) is 65.6 Å². The Morgan fingerprint density at radius 2 is 1.62 bits per heavy atom. The molecule has 0 unspecified atom stereocenters. The molecule has 2 N–H and O–H groups in total. The van der Waals surface area contributed by atoms with Crippen molar-refractivity contribution in [1.82, 2.24) is 19.6 Å². The molecule has 7 nitrogen and oxygen atoms in total. The van der Waals surface area contributed by atoms with Gasteiger partial charge in [0.25, 0.3) is 10.0 Å². The Labute approximate surface area is 226 Å². The van der Waals surface area contributed by atoms with E-state index < -0.39 is 21.5 Å². The summed E-state index contributed by atoms with van der Waals surface area (Å²) in [6.07, 6.45) is 0.724. The number of imidazole rings is 1. The Morgan fingerprint density at radius 3 is 2.24 bits per heavy atom. The summed E-state index contributed by atoms with van der Waals surface area (Å²) in [5.41, 5.74) is 3.99. The summed E-state index contributed by atoms with van der Waals surface area (Å²) in [4.78, 5) is 17.1. The Hall–Kier alpha value is -3.07. The lowest BCUT2D eigenvalue weighted by molar-refractivity contribution is 0.243. The van der Waals surface area contributed by atoms with Crippen LogP contribution in [-0.2, 0) is 21.9 Å². The Kier molecular flexibility index (Phi) is 7.55. The Balaban J connectivity index is 1.49. The summed E-state index contributed by atoms with van der Waals surface area (Å²) in [6, 6.07) is 17.0. The first kappa shape index (κ1) is 27.0. The number of nitrogens with one attached hydrogen (secondary N) is 2. The van der Waals surface area contributed by atoms with Crippen molar-refractivity contribution in [2.24, 2.45) is 0 Å². The third-order valence-corrected chi connectivity index (χ3v) is 8.31. The molecule has 1 aromatic heterocycles. The highest BCUT2D eigenvalue weighted by molar-refractivity contribution is 7.90. The first-order chi connectivity index (χ1) is 17.4. The van der Waals surface area contributed by atoms with Gasteiger partial charge >= 0.3 is 6.03 Å². The van der Waals surface area contributed by atoms with E-state index in [1.807, 2.05) is 58.0 Å². The van der Waals surface area contributed by atoms with E-state index in [9.17, 15) is 13.2 Å². The highest BCUT2D eigenvalue weighted by Gasteiger charge is 2.24. The second-order valence-corrected chi connectivity index (χ2v) is 12.0. The van der Waals surface area contributed by atoms with Gasteiger partial charge in [-0.2, -0.15) is 0 Å². The predicted molar refractivity (Wildman–Crippen MR) is 148 cm³/mol. The van der Waals surface area contributed by atoms with Crippen LogP contribution in [0.5, 0.6) is 0 Å². The molecule has 4 aromatic rings. The average molecular weight is 560 g/mol. The second kappa shape index (κ2) is 10.4. The molecule has 0 radical (unpaired) electrons. The van der Waals surface area contributed by atoms with Gasteiger partial charge in [0.05, 0.1) is 26.0 Å². The lowest BCUT2D eigenvalue weighted by Gasteiger charge is -2.26. The van der Waals surface area contributed by atoms with Crippen LogP contribution in [-0.4, -0.2) is 30.5 Å². The highest BCUT2D eigenvalue weighted by atomic mass is 35.5. The van der Waals surface area contributed by atoms with Gasteiger partial charge in [0, 0.05) is 24.1 Å². The van der Waals surface area contributed by atoms with Gasteiger partial charge < -0.3 is 5.32 Å². The summed E-state index contributed by atoms with van der Waals surface area (Å²) < 4.78 is 29.1. The molecule has 0 aliphatic carbocycles. The molecule has 0 aliphatic heterocycles. The molecule has 0 aliphatic rings. The number of rotatable bonds is 7. The van der Waals surface area contributed by atoms with Crippen molar-refractivity contribution in [3.63, 3.8) is 0 Å². The number of benzene rings is 3. The third kappa shape index (κ3) is 5.76. The summed E-state index contributed by atoms with van der Waals surface area (Å²) in [6.45, 7) is 8.07. The summed E-state index contributed by atoms with van der Waals surface area (Å²) in [5.74, 6) is 0.883. The average Bonchev–Trinajstić information content (AvgIpc) is 3.20. The molecular weight excluding hydrogens is 531 g/mol. The maximum Gasteiger partial charge on any atom is 0.328 e. The predicted octanol–water partition coefficient (Wildman–Crippen LogP) is 6.17. The maximum atomic E-state index is 12.5. The van der Waals surface area contributed by atoms with Crippen LogP contribution < -0.4 is 10.0 Å². The van der Waals surface area contributed by atoms with Crippen LogP contribution >= 0.6 is 23.2 Å². The van der Waals surface area contributed by atoms with Crippen LogP contribution in [0.4, 0.5) is 4.79 Å². The van der Waals surface area contributed by atoms with Crippen molar-refractivity contribution in [3.05, 3.63) is 87.7 Å². The molecule has 4 rings (SSSR count). The van der Waals surface area contributed by atoms with Gasteiger partial charge in [-0.25, -0.2) is 22.9 Å². The SMILES string of the molecule is CCc1nc2cc(Cl)c(Cl)cc2n1-c1ccc(C(C)(C)CNC(=O)NS(=O)(=O)c2ccc(C)cc2)cc1.